The maximum atomic E-state index is 5.73. The van der Waals surface area contributed by atoms with Crippen LogP contribution >= 0.6 is 24.0 Å². The fraction of sp³-hybridized carbons (Fsp3) is 0.619. The van der Waals surface area contributed by atoms with E-state index in [-0.39, 0.29) is 0 Å². The number of benzene rings is 1. The Morgan fingerprint density at radius 3 is 1.96 bits per heavy atom. The average Bonchev–Trinajstić information content (AvgIpc) is 2.59. The zero-order chi connectivity index (χ0) is 17.6. The van der Waals surface area contributed by atoms with Crippen molar-refractivity contribution < 1.29 is 0 Å². The molecule has 0 aliphatic carbocycles. The lowest BCUT2D eigenvalue weighted by atomic mass is 10.2. The van der Waals surface area contributed by atoms with Crippen LogP contribution in [-0.4, -0.2) is 22.3 Å². The van der Waals surface area contributed by atoms with Crippen molar-refractivity contribution in [3.8, 4) is 0 Å². The molecule has 0 heterocycles. The van der Waals surface area contributed by atoms with E-state index in [1.807, 2.05) is 11.8 Å². The molecule has 1 nitrogen and oxygen atoms in total. The quantitative estimate of drug-likeness (QED) is 0.295. The SMILES string of the molecule is [CH2]c1ccc(CSC(=S)N(CCCCCC)CCCCCC)cc1. The van der Waals surface area contributed by atoms with Crippen molar-refractivity contribution in [2.24, 2.45) is 0 Å². The van der Waals surface area contributed by atoms with E-state index in [2.05, 4.69) is 49.9 Å². The van der Waals surface area contributed by atoms with Crippen molar-refractivity contribution in [3.63, 3.8) is 0 Å². The van der Waals surface area contributed by atoms with Crippen LogP contribution in [0, 0.1) is 6.92 Å². The second kappa shape index (κ2) is 13.7. The van der Waals surface area contributed by atoms with Crippen LogP contribution < -0.4 is 0 Å². The summed E-state index contributed by atoms with van der Waals surface area (Å²) in [6.07, 6.45) is 10.4. The van der Waals surface area contributed by atoms with Gasteiger partial charge in [0, 0.05) is 18.8 Å². The lowest BCUT2D eigenvalue weighted by molar-refractivity contribution is 0.398. The van der Waals surface area contributed by atoms with E-state index in [1.54, 1.807) is 0 Å². The predicted octanol–water partition coefficient (Wildman–Crippen LogP) is 6.85. The topological polar surface area (TPSA) is 3.24 Å². The molecule has 0 saturated heterocycles. The van der Waals surface area contributed by atoms with Gasteiger partial charge in [0.1, 0.15) is 4.32 Å². The maximum absolute atomic E-state index is 5.73. The predicted molar refractivity (Wildman–Crippen MR) is 115 cm³/mol. The molecule has 3 heteroatoms. The van der Waals surface area contributed by atoms with Crippen molar-refractivity contribution in [1.82, 2.24) is 4.90 Å². The van der Waals surface area contributed by atoms with E-state index in [1.165, 1.54) is 56.9 Å². The summed E-state index contributed by atoms with van der Waals surface area (Å²) in [6.45, 7) is 10.7. The van der Waals surface area contributed by atoms with Gasteiger partial charge >= 0.3 is 0 Å². The first-order valence-corrected chi connectivity index (χ1v) is 10.9. The van der Waals surface area contributed by atoms with Crippen LogP contribution in [0.25, 0.3) is 0 Å². The smallest absolute Gasteiger partial charge is 0.136 e. The second-order valence-electron chi connectivity index (χ2n) is 6.48. The van der Waals surface area contributed by atoms with Gasteiger partial charge in [0.25, 0.3) is 0 Å². The molecule has 0 saturated carbocycles. The van der Waals surface area contributed by atoms with Gasteiger partial charge < -0.3 is 4.90 Å². The number of thioether (sulfide) groups is 1. The monoisotopic (exact) mass is 364 g/mol. The molecule has 135 valence electrons. The Kier molecular flexibility index (Phi) is 12.3. The molecule has 0 amide bonds. The summed E-state index contributed by atoms with van der Waals surface area (Å²) < 4.78 is 1.07. The Morgan fingerprint density at radius 1 is 0.917 bits per heavy atom. The first kappa shape index (κ1) is 21.5. The number of hydrogen-bond donors (Lipinski definition) is 0. The Hall–Kier alpha value is -0.540. The molecule has 0 aromatic heterocycles. The molecule has 1 radical (unpaired) electrons. The number of unbranched alkanes of at least 4 members (excludes halogenated alkanes) is 6. The van der Waals surface area contributed by atoms with Gasteiger partial charge in [-0.2, -0.15) is 0 Å². The van der Waals surface area contributed by atoms with E-state index in [9.17, 15) is 0 Å². The molecule has 24 heavy (non-hydrogen) atoms. The van der Waals surface area contributed by atoms with Crippen LogP contribution in [0.5, 0.6) is 0 Å². The van der Waals surface area contributed by atoms with Gasteiger partial charge in [-0.15, -0.1) is 0 Å². The molecule has 0 atom stereocenters. The molecule has 0 fully saturated rings. The average molecular weight is 365 g/mol. The van der Waals surface area contributed by atoms with Crippen molar-refractivity contribution in [2.75, 3.05) is 13.1 Å². The summed E-state index contributed by atoms with van der Waals surface area (Å²) in [6, 6.07) is 8.47. The summed E-state index contributed by atoms with van der Waals surface area (Å²) in [5.41, 5.74) is 2.39. The van der Waals surface area contributed by atoms with Gasteiger partial charge in [-0.1, -0.05) is 101 Å². The zero-order valence-corrected chi connectivity index (χ0v) is 17.2. The van der Waals surface area contributed by atoms with E-state index in [0.717, 1.165) is 28.7 Å². The highest BCUT2D eigenvalue weighted by molar-refractivity contribution is 8.22. The van der Waals surface area contributed by atoms with Crippen LogP contribution in [0.3, 0.4) is 0 Å². The summed E-state index contributed by atoms with van der Waals surface area (Å²) >= 11 is 7.54. The van der Waals surface area contributed by atoms with E-state index < -0.39 is 0 Å². The van der Waals surface area contributed by atoms with Crippen LogP contribution in [0.4, 0.5) is 0 Å². The number of rotatable bonds is 12. The summed E-state index contributed by atoms with van der Waals surface area (Å²) in [7, 11) is 0. The normalized spacial score (nSPS) is 10.8. The summed E-state index contributed by atoms with van der Waals surface area (Å²) in [4.78, 5) is 2.45. The Labute approximate surface area is 159 Å². The summed E-state index contributed by atoms with van der Waals surface area (Å²) in [5.74, 6) is 0.958. The van der Waals surface area contributed by atoms with Gasteiger partial charge in [0.05, 0.1) is 0 Å². The fourth-order valence-corrected chi connectivity index (χ4v) is 3.83. The minimum Gasteiger partial charge on any atom is -0.358 e. The third-order valence-corrected chi connectivity index (χ3v) is 5.80. The largest absolute Gasteiger partial charge is 0.358 e. The van der Waals surface area contributed by atoms with Gasteiger partial charge in [-0.05, 0) is 30.9 Å². The lowest BCUT2D eigenvalue weighted by Gasteiger charge is -2.25. The Morgan fingerprint density at radius 2 is 1.46 bits per heavy atom. The maximum Gasteiger partial charge on any atom is 0.136 e. The van der Waals surface area contributed by atoms with Crippen LogP contribution in [-0.2, 0) is 5.75 Å². The van der Waals surface area contributed by atoms with E-state index >= 15 is 0 Å². The Bertz CT molecular complexity index is 430. The highest BCUT2D eigenvalue weighted by Gasteiger charge is 2.10. The zero-order valence-electron chi connectivity index (χ0n) is 15.6. The highest BCUT2D eigenvalue weighted by atomic mass is 32.2. The minimum absolute atomic E-state index is 0.958. The molecule has 1 rings (SSSR count). The molecular formula is C21H34NS2. The van der Waals surface area contributed by atoms with Crippen molar-refractivity contribution in [1.29, 1.82) is 0 Å². The molecule has 0 aliphatic rings. The first-order valence-electron chi connectivity index (χ1n) is 9.50. The van der Waals surface area contributed by atoms with Crippen molar-refractivity contribution in [2.45, 2.75) is 71.0 Å². The van der Waals surface area contributed by atoms with E-state index in [0.29, 0.717) is 0 Å². The Balaban J connectivity index is 2.42. The van der Waals surface area contributed by atoms with Crippen LogP contribution in [0.1, 0.15) is 76.3 Å². The first-order chi connectivity index (χ1) is 11.7. The third-order valence-electron chi connectivity index (χ3n) is 4.21. The van der Waals surface area contributed by atoms with Crippen LogP contribution in [0.2, 0.25) is 0 Å². The molecule has 0 N–H and O–H groups in total. The highest BCUT2D eigenvalue weighted by Crippen LogP contribution is 2.19. The van der Waals surface area contributed by atoms with Crippen LogP contribution in [0.15, 0.2) is 24.3 Å². The molecule has 0 aliphatic heterocycles. The fourth-order valence-electron chi connectivity index (χ4n) is 2.63. The standard InChI is InChI=1S/C21H34NS2/c1-4-6-8-10-16-22(17-11-9-7-5-2)21(23)24-18-20-14-12-19(3)13-15-20/h12-15H,3-11,16-18H2,1-2H3. The minimum atomic E-state index is 0.958. The van der Waals surface area contributed by atoms with Gasteiger partial charge in [0.15, 0.2) is 0 Å². The second-order valence-corrected chi connectivity index (χ2v) is 8.09. The molecule has 1 aromatic rings. The van der Waals surface area contributed by atoms with Gasteiger partial charge in [0.2, 0.25) is 0 Å². The molecule has 0 unspecified atom stereocenters. The lowest BCUT2D eigenvalue weighted by Crippen LogP contribution is -2.29. The molecule has 1 aromatic carbocycles. The molecular weight excluding hydrogens is 330 g/mol. The van der Waals surface area contributed by atoms with E-state index in [4.69, 9.17) is 12.2 Å². The van der Waals surface area contributed by atoms with Gasteiger partial charge in [-0.25, -0.2) is 0 Å². The van der Waals surface area contributed by atoms with Crippen molar-refractivity contribution >= 4 is 28.3 Å². The number of nitrogens with zero attached hydrogens (tertiary/aromatic N) is 1. The third kappa shape index (κ3) is 9.68. The summed E-state index contributed by atoms with van der Waals surface area (Å²) in [5, 5.41) is 0. The van der Waals surface area contributed by atoms with Gasteiger partial charge in [-0.3, -0.25) is 0 Å². The number of hydrogen-bond acceptors (Lipinski definition) is 2. The van der Waals surface area contributed by atoms with Crippen molar-refractivity contribution in [3.05, 3.63) is 42.3 Å². The number of thiocarbonyl (C=S) groups is 1. The molecule has 0 spiro atoms. The molecule has 0 bridgehead atoms.